The van der Waals surface area contributed by atoms with E-state index < -0.39 is 0 Å². The van der Waals surface area contributed by atoms with Crippen LogP contribution in [0.4, 0.5) is 0 Å². The molecule has 1 N–H and O–H groups in total. The topological polar surface area (TPSA) is 53.0 Å². The van der Waals surface area contributed by atoms with Gasteiger partial charge in [-0.05, 0) is 37.0 Å². The van der Waals surface area contributed by atoms with Crippen LogP contribution in [0, 0.1) is 5.92 Å². The van der Waals surface area contributed by atoms with Crippen molar-refractivity contribution in [2.24, 2.45) is 5.92 Å². The number of β-amino-alcohol motifs (C(OH)–C–C–N with tert-alkyl or cyclic N) is 1. The number of carbonyl (C=O) groups excluding carboxylic acids is 1. The maximum atomic E-state index is 12.7. The molecule has 1 atom stereocenters. The molecule has 2 fully saturated rings. The molecular formula is C17H24Cl2N2O3. The number of piperazine rings is 1. The predicted molar refractivity (Wildman–Crippen MR) is 96.3 cm³/mol. The molecular weight excluding hydrogens is 351 g/mol. The van der Waals surface area contributed by atoms with E-state index in [0.717, 1.165) is 25.9 Å². The smallest absolute Gasteiger partial charge is 0.257 e. The quantitative estimate of drug-likeness (QED) is 0.858. The van der Waals surface area contributed by atoms with E-state index in [1.54, 1.807) is 25.3 Å². The fourth-order valence-electron chi connectivity index (χ4n) is 3.05. The summed E-state index contributed by atoms with van der Waals surface area (Å²) in [6, 6.07) is 5.10. The van der Waals surface area contributed by atoms with Crippen molar-refractivity contribution in [1.82, 2.24) is 9.80 Å². The molecule has 1 unspecified atom stereocenters. The lowest BCUT2D eigenvalue weighted by atomic mass is 10.1. The molecule has 7 heteroatoms. The molecule has 3 rings (SSSR count). The number of aliphatic hydroxyl groups is 1. The third kappa shape index (κ3) is 4.54. The fraction of sp³-hybridized carbons (Fsp3) is 0.588. The highest BCUT2D eigenvalue weighted by molar-refractivity contribution is 6.31. The van der Waals surface area contributed by atoms with E-state index in [0.29, 0.717) is 41.9 Å². The van der Waals surface area contributed by atoms with Crippen molar-refractivity contribution in [3.05, 3.63) is 28.8 Å². The second kappa shape index (κ2) is 8.39. The third-order valence-corrected chi connectivity index (χ3v) is 4.90. The molecule has 1 saturated heterocycles. The maximum absolute atomic E-state index is 12.7. The normalized spacial score (nSPS) is 19.5. The summed E-state index contributed by atoms with van der Waals surface area (Å²) in [5.41, 5.74) is 0.506. The Bertz CT molecular complexity index is 573. The van der Waals surface area contributed by atoms with Crippen LogP contribution in [0.2, 0.25) is 5.02 Å². The molecule has 0 spiro atoms. The van der Waals surface area contributed by atoms with Crippen LogP contribution in [0.3, 0.4) is 0 Å². The molecule has 5 nitrogen and oxygen atoms in total. The summed E-state index contributed by atoms with van der Waals surface area (Å²) in [7, 11) is 1.55. The number of nitrogens with zero attached hydrogens (tertiary/aromatic N) is 2. The number of ether oxygens (including phenoxy) is 1. The first-order valence-corrected chi connectivity index (χ1v) is 8.49. The number of aliphatic hydroxyl groups excluding tert-OH is 1. The number of hydrogen-bond donors (Lipinski definition) is 1. The van der Waals surface area contributed by atoms with Crippen LogP contribution in [0.15, 0.2) is 18.2 Å². The van der Waals surface area contributed by atoms with Gasteiger partial charge in [0.15, 0.2) is 0 Å². The first-order valence-electron chi connectivity index (χ1n) is 8.11. The van der Waals surface area contributed by atoms with Gasteiger partial charge in [-0.25, -0.2) is 0 Å². The largest absolute Gasteiger partial charge is 0.496 e. The average Bonchev–Trinajstić information content (AvgIpc) is 3.40. The zero-order chi connectivity index (χ0) is 16.4. The number of methoxy groups -OCH3 is 1. The lowest BCUT2D eigenvalue weighted by Gasteiger charge is -2.35. The standard InChI is InChI=1S/C17H23ClN2O3.ClH/c1-23-16-5-4-13(18)10-14(16)17(22)20-8-6-19(7-9-20)11-15(21)12-2-3-12;/h4-5,10,12,15,21H,2-3,6-9,11H2,1H3;1H. The minimum Gasteiger partial charge on any atom is -0.496 e. The third-order valence-electron chi connectivity index (χ3n) is 4.66. The highest BCUT2D eigenvalue weighted by Gasteiger charge is 2.32. The number of benzene rings is 1. The Morgan fingerprint density at radius 3 is 2.58 bits per heavy atom. The Kier molecular flexibility index (Phi) is 6.75. The van der Waals surface area contributed by atoms with E-state index in [1.165, 1.54) is 0 Å². The van der Waals surface area contributed by atoms with E-state index >= 15 is 0 Å². The molecule has 1 aromatic rings. The Labute approximate surface area is 153 Å². The summed E-state index contributed by atoms with van der Waals surface area (Å²) >= 11 is 6.01. The lowest BCUT2D eigenvalue weighted by molar-refractivity contribution is 0.0486. The molecule has 1 aliphatic heterocycles. The first kappa shape index (κ1) is 19.3. The van der Waals surface area contributed by atoms with E-state index in [9.17, 15) is 9.90 Å². The summed E-state index contributed by atoms with van der Waals surface area (Å²) < 4.78 is 5.27. The van der Waals surface area contributed by atoms with Crippen LogP contribution in [0.5, 0.6) is 5.75 Å². The van der Waals surface area contributed by atoms with Crippen LogP contribution in [0.1, 0.15) is 23.2 Å². The predicted octanol–water partition coefficient (Wildman–Crippen LogP) is 2.30. The average molecular weight is 375 g/mol. The van der Waals surface area contributed by atoms with Crippen LogP contribution in [-0.4, -0.2) is 66.8 Å². The monoisotopic (exact) mass is 374 g/mol. The van der Waals surface area contributed by atoms with E-state index in [1.807, 2.05) is 4.90 Å². The molecule has 1 aliphatic carbocycles. The van der Waals surface area contributed by atoms with Crippen molar-refractivity contribution >= 4 is 29.9 Å². The number of hydrogen-bond acceptors (Lipinski definition) is 4. The van der Waals surface area contributed by atoms with Crippen molar-refractivity contribution in [2.45, 2.75) is 18.9 Å². The van der Waals surface area contributed by atoms with E-state index in [-0.39, 0.29) is 24.4 Å². The lowest BCUT2D eigenvalue weighted by Crippen LogP contribution is -2.50. The molecule has 0 bridgehead atoms. The van der Waals surface area contributed by atoms with Crippen molar-refractivity contribution in [3.8, 4) is 5.75 Å². The summed E-state index contributed by atoms with van der Waals surface area (Å²) in [6.07, 6.45) is 2.08. The van der Waals surface area contributed by atoms with Crippen LogP contribution in [-0.2, 0) is 0 Å². The van der Waals surface area contributed by atoms with Gasteiger partial charge in [0.05, 0.1) is 18.8 Å². The highest BCUT2D eigenvalue weighted by Crippen LogP contribution is 2.33. The number of halogens is 2. The van der Waals surface area contributed by atoms with Gasteiger partial charge in [0, 0.05) is 37.7 Å². The van der Waals surface area contributed by atoms with Crippen molar-refractivity contribution in [2.75, 3.05) is 39.8 Å². The number of carbonyl (C=O) groups is 1. The molecule has 1 saturated carbocycles. The van der Waals surface area contributed by atoms with Crippen LogP contribution >= 0.6 is 24.0 Å². The molecule has 1 aromatic carbocycles. The van der Waals surface area contributed by atoms with Crippen molar-refractivity contribution in [1.29, 1.82) is 0 Å². The van der Waals surface area contributed by atoms with Gasteiger partial charge in [-0.1, -0.05) is 11.6 Å². The van der Waals surface area contributed by atoms with Gasteiger partial charge in [0.1, 0.15) is 5.75 Å². The molecule has 134 valence electrons. The number of rotatable bonds is 5. The first-order chi connectivity index (χ1) is 11.1. The zero-order valence-electron chi connectivity index (χ0n) is 13.8. The molecule has 0 radical (unpaired) electrons. The van der Waals surface area contributed by atoms with Gasteiger partial charge in [-0.2, -0.15) is 0 Å². The summed E-state index contributed by atoms with van der Waals surface area (Å²) in [5.74, 6) is 0.989. The highest BCUT2D eigenvalue weighted by atomic mass is 35.5. The Morgan fingerprint density at radius 2 is 2.00 bits per heavy atom. The second-order valence-corrected chi connectivity index (χ2v) is 6.78. The number of amides is 1. The van der Waals surface area contributed by atoms with Gasteiger partial charge in [-0.15, -0.1) is 12.4 Å². The SMILES string of the molecule is COc1ccc(Cl)cc1C(=O)N1CCN(CC(O)C2CC2)CC1.Cl. The van der Waals surface area contributed by atoms with Gasteiger partial charge in [0.2, 0.25) is 0 Å². The molecule has 0 aromatic heterocycles. The molecule has 2 aliphatic rings. The summed E-state index contributed by atoms with van der Waals surface area (Å²) in [4.78, 5) is 16.8. The van der Waals surface area contributed by atoms with Crippen LogP contribution < -0.4 is 4.74 Å². The van der Waals surface area contributed by atoms with Gasteiger partial charge >= 0.3 is 0 Å². The fourth-order valence-corrected chi connectivity index (χ4v) is 3.22. The second-order valence-electron chi connectivity index (χ2n) is 6.34. The Balaban J connectivity index is 0.00000208. The van der Waals surface area contributed by atoms with Crippen molar-refractivity contribution < 1.29 is 14.6 Å². The van der Waals surface area contributed by atoms with E-state index in [2.05, 4.69) is 4.90 Å². The minimum absolute atomic E-state index is 0. The summed E-state index contributed by atoms with van der Waals surface area (Å²) in [6.45, 7) is 3.61. The molecule has 1 amide bonds. The summed E-state index contributed by atoms with van der Waals surface area (Å²) in [5, 5.41) is 10.6. The molecule has 24 heavy (non-hydrogen) atoms. The zero-order valence-corrected chi connectivity index (χ0v) is 15.4. The van der Waals surface area contributed by atoms with Gasteiger partial charge in [-0.3, -0.25) is 9.69 Å². The maximum Gasteiger partial charge on any atom is 0.257 e. The molecule has 1 heterocycles. The Hall–Kier alpha value is -1.01. The van der Waals surface area contributed by atoms with Crippen molar-refractivity contribution in [3.63, 3.8) is 0 Å². The van der Waals surface area contributed by atoms with Gasteiger partial charge in [0.25, 0.3) is 5.91 Å². The van der Waals surface area contributed by atoms with Gasteiger partial charge < -0.3 is 14.7 Å². The van der Waals surface area contributed by atoms with Crippen LogP contribution in [0.25, 0.3) is 0 Å². The van der Waals surface area contributed by atoms with E-state index in [4.69, 9.17) is 16.3 Å². The Morgan fingerprint density at radius 1 is 1.33 bits per heavy atom. The minimum atomic E-state index is -0.217.